The number of methoxy groups -OCH3 is 3. The Hall–Kier alpha value is -1.79. The van der Waals surface area contributed by atoms with Crippen LogP contribution in [0.2, 0.25) is 0 Å². The van der Waals surface area contributed by atoms with Crippen molar-refractivity contribution in [3.05, 3.63) is 23.2 Å². The molecule has 5 nitrogen and oxygen atoms in total. The number of nitrogens with one attached hydrogen (secondary N) is 1. The molecule has 1 N–H and O–H groups in total. The molecule has 0 amide bonds. The fourth-order valence-corrected chi connectivity index (χ4v) is 2.83. The molecule has 0 aliphatic heterocycles. The highest BCUT2D eigenvalue weighted by molar-refractivity contribution is 7.15. The van der Waals surface area contributed by atoms with Gasteiger partial charge < -0.3 is 19.5 Å². The minimum atomic E-state index is 0.639. The van der Waals surface area contributed by atoms with Gasteiger partial charge >= 0.3 is 0 Å². The Kier molecular flexibility index (Phi) is 4.81. The number of aromatic nitrogens is 1. The van der Waals surface area contributed by atoms with Crippen molar-refractivity contribution in [1.82, 2.24) is 10.3 Å². The molecule has 0 atom stereocenters. The van der Waals surface area contributed by atoms with Crippen molar-refractivity contribution in [2.24, 2.45) is 0 Å². The van der Waals surface area contributed by atoms with E-state index in [2.05, 4.69) is 10.3 Å². The molecule has 0 aliphatic carbocycles. The third kappa shape index (κ3) is 2.86. The van der Waals surface area contributed by atoms with Crippen LogP contribution in [-0.2, 0) is 6.54 Å². The standard InChI is InChI=1S/C14H18N2O3S/c1-15-7-9-8-16-14(20-9)10-5-12(18-3)13(19-4)6-11(10)17-2/h5-6,8,15H,7H2,1-4H3. The van der Waals surface area contributed by atoms with Crippen molar-refractivity contribution in [3.8, 4) is 27.8 Å². The summed E-state index contributed by atoms with van der Waals surface area (Å²) in [4.78, 5) is 5.61. The van der Waals surface area contributed by atoms with Crippen molar-refractivity contribution >= 4 is 11.3 Å². The molecule has 0 radical (unpaired) electrons. The highest BCUT2D eigenvalue weighted by atomic mass is 32.1. The van der Waals surface area contributed by atoms with Crippen LogP contribution in [0.4, 0.5) is 0 Å². The SMILES string of the molecule is CNCc1cnc(-c2cc(OC)c(OC)cc2OC)s1. The van der Waals surface area contributed by atoms with Crippen molar-refractivity contribution in [3.63, 3.8) is 0 Å². The van der Waals surface area contributed by atoms with Crippen LogP contribution < -0.4 is 19.5 Å². The molecule has 0 bridgehead atoms. The maximum Gasteiger partial charge on any atom is 0.164 e. The summed E-state index contributed by atoms with van der Waals surface area (Å²) in [6.45, 7) is 0.799. The molecule has 0 fully saturated rings. The number of ether oxygens (including phenoxy) is 3. The normalized spacial score (nSPS) is 10.4. The zero-order valence-corrected chi connectivity index (χ0v) is 12.8. The van der Waals surface area contributed by atoms with E-state index in [1.807, 2.05) is 25.4 Å². The molecule has 0 saturated carbocycles. The van der Waals surface area contributed by atoms with Gasteiger partial charge in [-0.25, -0.2) is 4.98 Å². The predicted molar refractivity (Wildman–Crippen MR) is 80.0 cm³/mol. The molecular weight excluding hydrogens is 276 g/mol. The van der Waals surface area contributed by atoms with Gasteiger partial charge in [0.15, 0.2) is 11.5 Å². The van der Waals surface area contributed by atoms with Gasteiger partial charge in [-0.1, -0.05) is 0 Å². The molecule has 2 rings (SSSR count). The second kappa shape index (κ2) is 6.58. The molecule has 0 aliphatic rings. The molecule has 20 heavy (non-hydrogen) atoms. The highest BCUT2D eigenvalue weighted by Gasteiger charge is 2.15. The summed E-state index contributed by atoms with van der Waals surface area (Å²) in [5.74, 6) is 2.02. The molecule has 0 spiro atoms. The van der Waals surface area contributed by atoms with E-state index in [0.29, 0.717) is 17.2 Å². The summed E-state index contributed by atoms with van der Waals surface area (Å²) in [5.41, 5.74) is 0.900. The molecule has 108 valence electrons. The Morgan fingerprint density at radius 1 is 1.05 bits per heavy atom. The molecule has 2 aromatic rings. The van der Waals surface area contributed by atoms with Crippen LogP contribution in [0.5, 0.6) is 17.2 Å². The summed E-state index contributed by atoms with van der Waals surface area (Å²) >= 11 is 1.62. The fraction of sp³-hybridized carbons (Fsp3) is 0.357. The first-order valence-corrected chi connectivity index (χ1v) is 6.94. The van der Waals surface area contributed by atoms with Gasteiger partial charge in [0.2, 0.25) is 0 Å². The largest absolute Gasteiger partial charge is 0.496 e. The van der Waals surface area contributed by atoms with Crippen LogP contribution in [-0.4, -0.2) is 33.4 Å². The van der Waals surface area contributed by atoms with Gasteiger partial charge in [0.1, 0.15) is 10.8 Å². The van der Waals surface area contributed by atoms with Crippen LogP contribution in [0.15, 0.2) is 18.3 Å². The van der Waals surface area contributed by atoms with E-state index in [0.717, 1.165) is 17.1 Å². The van der Waals surface area contributed by atoms with Crippen LogP contribution in [0, 0.1) is 0 Å². The van der Waals surface area contributed by atoms with E-state index in [4.69, 9.17) is 14.2 Å². The van der Waals surface area contributed by atoms with Crippen molar-refractivity contribution in [2.45, 2.75) is 6.54 Å². The van der Waals surface area contributed by atoms with Crippen LogP contribution in [0.25, 0.3) is 10.6 Å². The number of rotatable bonds is 6. The Balaban J connectivity index is 2.47. The smallest absolute Gasteiger partial charge is 0.164 e. The average molecular weight is 294 g/mol. The quantitative estimate of drug-likeness (QED) is 0.887. The van der Waals surface area contributed by atoms with E-state index in [1.165, 1.54) is 4.88 Å². The van der Waals surface area contributed by atoms with E-state index >= 15 is 0 Å². The number of nitrogens with zero attached hydrogens (tertiary/aromatic N) is 1. The van der Waals surface area contributed by atoms with E-state index in [1.54, 1.807) is 32.7 Å². The predicted octanol–water partition coefficient (Wildman–Crippen LogP) is 2.56. The Labute approximate surface area is 122 Å². The maximum atomic E-state index is 5.43. The first kappa shape index (κ1) is 14.6. The lowest BCUT2D eigenvalue weighted by atomic mass is 10.2. The molecule has 0 unspecified atom stereocenters. The topological polar surface area (TPSA) is 52.6 Å². The maximum absolute atomic E-state index is 5.43. The van der Waals surface area contributed by atoms with Crippen LogP contribution in [0.3, 0.4) is 0 Å². The van der Waals surface area contributed by atoms with Crippen LogP contribution >= 0.6 is 11.3 Å². The lowest BCUT2D eigenvalue weighted by molar-refractivity contribution is 0.349. The highest BCUT2D eigenvalue weighted by Crippen LogP contribution is 2.41. The molecule has 6 heteroatoms. The first-order chi connectivity index (χ1) is 9.73. The summed E-state index contributed by atoms with van der Waals surface area (Å²) in [6.07, 6.45) is 1.87. The average Bonchev–Trinajstić information content (AvgIpc) is 2.94. The lowest BCUT2D eigenvalue weighted by Crippen LogP contribution is -2.02. The van der Waals surface area contributed by atoms with Gasteiger partial charge in [-0.3, -0.25) is 0 Å². The molecule has 1 heterocycles. The van der Waals surface area contributed by atoms with Crippen LogP contribution in [0.1, 0.15) is 4.88 Å². The minimum absolute atomic E-state index is 0.639. The second-order valence-electron chi connectivity index (χ2n) is 4.07. The number of benzene rings is 1. The Morgan fingerprint density at radius 2 is 1.70 bits per heavy atom. The Morgan fingerprint density at radius 3 is 2.30 bits per heavy atom. The summed E-state index contributed by atoms with van der Waals surface area (Å²) in [5, 5.41) is 4.01. The third-order valence-corrected chi connectivity index (χ3v) is 3.87. The van der Waals surface area contributed by atoms with Crippen molar-refractivity contribution < 1.29 is 14.2 Å². The summed E-state index contributed by atoms with van der Waals surface area (Å²) in [7, 11) is 6.76. The van der Waals surface area contributed by atoms with Crippen molar-refractivity contribution in [2.75, 3.05) is 28.4 Å². The number of hydrogen-bond acceptors (Lipinski definition) is 6. The van der Waals surface area contributed by atoms with Gasteiger partial charge in [-0.15, -0.1) is 11.3 Å². The van der Waals surface area contributed by atoms with Gasteiger partial charge in [0.05, 0.1) is 26.9 Å². The monoisotopic (exact) mass is 294 g/mol. The second-order valence-corrected chi connectivity index (χ2v) is 5.18. The lowest BCUT2D eigenvalue weighted by Gasteiger charge is -2.12. The number of thiazole rings is 1. The Bertz CT molecular complexity index is 584. The summed E-state index contributed by atoms with van der Waals surface area (Å²) < 4.78 is 16.0. The molecule has 1 aromatic carbocycles. The van der Waals surface area contributed by atoms with Gasteiger partial charge in [-0.05, 0) is 13.1 Å². The summed E-state index contributed by atoms with van der Waals surface area (Å²) in [6, 6.07) is 3.70. The zero-order chi connectivity index (χ0) is 14.5. The first-order valence-electron chi connectivity index (χ1n) is 6.13. The third-order valence-electron chi connectivity index (χ3n) is 2.84. The van der Waals surface area contributed by atoms with E-state index in [9.17, 15) is 0 Å². The fourth-order valence-electron chi connectivity index (χ4n) is 1.88. The van der Waals surface area contributed by atoms with E-state index < -0.39 is 0 Å². The van der Waals surface area contributed by atoms with E-state index in [-0.39, 0.29) is 0 Å². The minimum Gasteiger partial charge on any atom is -0.496 e. The van der Waals surface area contributed by atoms with Gasteiger partial charge in [-0.2, -0.15) is 0 Å². The molecular formula is C14H18N2O3S. The number of hydrogen-bond donors (Lipinski definition) is 1. The van der Waals surface area contributed by atoms with Gasteiger partial charge in [0.25, 0.3) is 0 Å². The molecule has 0 saturated heterocycles. The van der Waals surface area contributed by atoms with Crippen molar-refractivity contribution in [1.29, 1.82) is 0 Å². The zero-order valence-electron chi connectivity index (χ0n) is 12.0. The van der Waals surface area contributed by atoms with Gasteiger partial charge in [0, 0.05) is 23.7 Å². The molecule has 1 aromatic heterocycles.